The van der Waals surface area contributed by atoms with E-state index in [1.807, 2.05) is 0 Å². The smallest absolute Gasteiger partial charge is 0.358 e. The number of hydrogen-bond donors (Lipinski definition) is 4. The van der Waals surface area contributed by atoms with Gasteiger partial charge in [0, 0.05) is 38.2 Å². The van der Waals surface area contributed by atoms with Crippen LogP contribution in [0.4, 0.5) is 5.82 Å². The third-order valence-corrected chi connectivity index (χ3v) is 4.18. The standard InChI is InChI=1S/C14H17N6O10P/c21-11(3-6-18-12(22)1-2-13(18)23)15-4-5-16-14(24)9-7-10(20(25)26)17-19(9)8-30-31(27,28)29/h1-2,7H,3-6,8H2,(H,15,21)(H,16,24)(H2,27,28,29). The molecule has 4 N–H and O–H groups in total. The topological polar surface area (TPSA) is 223 Å². The number of amides is 4. The van der Waals surface area contributed by atoms with Gasteiger partial charge in [0.1, 0.15) is 0 Å². The van der Waals surface area contributed by atoms with Gasteiger partial charge in [0.25, 0.3) is 17.7 Å². The number of carbonyl (C=O) groups excluding carboxylic acids is 4. The summed E-state index contributed by atoms with van der Waals surface area (Å²) in [6.45, 7) is -1.17. The van der Waals surface area contributed by atoms with Crippen molar-refractivity contribution in [1.82, 2.24) is 25.3 Å². The van der Waals surface area contributed by atoms with Gasteiger partial charge in [-0.15, -0.1) is 4.68 Å². The fraction of sp³-hybridized carbons (Fsp3) is 0.357. The number of hydrogen-bond acceptors (Lipinski definition) is 9. The van der Waals surface area contributed by atoms with Gasteiger partial charge in [-0.05, 0) is 4.92 Å². The fourth-order valence-corrected chi connectivity index (χ4v) is 2.59. The first-order chi connectivity index (χ1) is 14.5. The Bertz CT molecular complexity index is 964. The van der Waals surface area contributed by atoms with Crippen LogP contribution >= 0.6 is 7.82 Å². The predicted molar refractivity (Wildman–Crippen MR) is 97.8 cm³/mol. The zero-order valence-electron chi connectivity index (χ0n) is 15.7. The zero-order valence-corrected chi connectivity index (χ0v) is 16.6. The van der Waals surface area contributed by atoms with E-state index >= 15 is 0 Å². The molecule has 0 bridgehead atoms. The third-order valence-electron chi connectivity index (χ3n) is 3.73. The fourth-order valence-electron chi connectivity index (χ4n) is 2.33. The van der Waals surface area contributed by atoms with Crippen LogP contribution in [-0.2, 0) is 30.2 Å². The third kappa shape index (κ3) is 7.07. The Kier molecular flexibility index (Phi) is 7.71. The van der Waals surface area contributed by atoms with Crippen molar-refractivity contribution >= 4 is 37.3 Å². The lowest BCUT2D eigenvalue weighted by Crippen LogP contribution is -2.38. The summed E-state index contributed by atoms with van der Waals surface area (Å²) in [4.78, 5) is 75.0. The summed E-state index contributed by atoms with van der Waals surface area (Å²) in [5.74, 6) is -3.13. The summed E-state index contributed by atoms with van der Waals surface area (Å²) in [5, 5.41) is 19.0. The van der Waals surface area contributed by atoms with Crippen LogP contribution in [0.3, 0.4) is 0 Å². The molecular formula is C14H17N6O10P. The summed E-state index contributed by atoms with van der Waals surface area (Å²) in [7, 11) is -4.91. The van der Waals surface area contributed by atoms with Crippen molar-refractivity contribution in [2.24, 2.45) is 0 Å². The summed E-state index contributed by atoms with van der Waals surface area (Å²) in [5.41, 5.74) is -0.398. The van der Waals surface area contributed by atoms with Gasteiger partial charge in [0.2, 0.25) is 5.91 Å². The molecule has 0 saturated heterocycles. The molecule has 17 heteroatoms. The Balaban J connectivity index is 1.81. The average Bonchev–Trinajstić information content (AvgIpc) is 3.25. The van der Waals surface area contributed by atoms with Gasteiger partial charge >= 0.3 is 13.6 Å². The molecule has 1 aliphatic rings. The Labute approximate surface area is 173 Å². The van der Waals surface area contributed by atoms with Crippen molar-refractivity contribution in [3.8, 4) is 0 Å². The van der Waals surface area contributed by atoms with E-state index in [0.717, 1.165) is 23.1 Å². The molecule has 0 fully saturated rings. The van der Waals surface area contributed by atoms with E-state index in [4.69, 9.17) is 9.79 Å². The van der Waals surface area contributed by atoms with Gasteiger partial charge in [-0.2, -0.15) is 0 Å². The zero-order chi connectivity index (χ0) is 23.2. The number of nitrogens with zero attached hydrogens (tertiary/aromatic N) is 4. The van der Waals surface area contributed by atoms with Gasteiger partial charge in [-0.1, -0.05) is 0 Å². The summed E-state index contributed by atoms with van der Waals surface area (Å²) >= 11 is 0. The van der Waals surface area contributed by atoms with Crippen LogP contribution in [0.5, 0.6) is 0 Å². The number of phosphoric ester groups is 1. The molecule has 168 valence electrons. The molecular weight excluding hydrogens is 443 g/mol. The largest absolute Gasteiger partial charge is 0.471 e. The molecule has 0 radical (unpaired) electrons. The van der Waals surface area contributed by atoms with Gasteiger partial charge in [0.05, 0.1) is 11.2 Å². The van der Waals surface area contributed by atoms with Crippen LogP contribution in [0.1, 0.15) is 16.9 Å². The lowest BCUT2D eigenvalue weighted by atomic mass is 10.3. The molecule has 4 amide bonds. The quantitative estimate of drug-likeness (QED) is 0.0930. The molecule has 0 aromatic carbocycles. The number of imide groups is 1. The highest BCUT2D eigenvalue weighted by molar-refractivity contribution is 7.46. The summed E-state index contributed by atoms with van der Waals surface area (Å²) in [6.07, 6.45) is 2.04. The van der Waals surface area contributed by atoms with E-state index in [1.165, 1.54) is 0 Å². The van der Waals surface area contributed by atoms with E-state index in [0.29, 0.717) is 4.68 Å². The van der Waals surface area contributed by atoms with E-state index in [-0.39, 0.29) is 26.1 Å². The minimum absolute atomic E-state index is 0.0417. The molecule has 0 spiro atoms. The SMILES string of the molecule is O=C(CCN1C(=O)C=CC1=O)NCCNC(=O)c1cc([N+](=O)[O-])nn1COP(=O)(O)O. The van der Waals surface area contributed by atoms with Crippen molar-refractivity contribution in [2.45, 2.75) is 13.2 Å². The Hall–Kier alpha value is -3.46. The van der Waals surface area contributed by atoms with Crippen LogP contribution in [0.2, 0.25) is 0 Å². The molecule has 0 aliphatic carbocycles. The number of rotatable bonds is 11. The lowest BCUT2D eigenvalue weighted by molar-refractivity contribution is -0.389. The average molecular weight is 460 g/mol. The first kappa shape index (κ1) is 23.8. The second kappa shape index (κ2) is 10.0. The monoisotopic (exact) mass is 460 g/mol. The van der Waals surface area contributed by atoms with E-state index in [2.05, 4.69) is 20.3 Å². The molecule has 1 aliphatic heterocycles. The predicted octanol–water partition coefficient (Wildman–Crippen LogP) is -1.98. The maximum absolute atomic E-state index is 12.2. The van der Waals surface area contributed by atoms with Gasteiger partial charge in [-0.25, -0.2) is 4.57 Å². The van der Waals surface area contributed by atoms with Gasteiger partial charge < -0.3 is 30.5 Å². The van der Waals surface area contributed by atoms with E-state index in [9.17, 15) is 33.9 Å². The normalized spacial score (nSPS) is 13.5. The Morgan fingerprint density at radius 2 is 1.81 bits per heavy atom. The van der Waals surface area contributed by atoms with Crippen LogP contribution < -0.4 is 10.6 Å². The molecule has 0 atom stereocenters. The molecule has 2 heterocycles. The number of aromatic nitrogens is 2. The minimum Gasteiger partial charge on any atom is -0.358 e. The van der Waals surface area contributed by atoms with Crippen molar-refractivity contribution in [2.75, 3.05) is 19.6 Å². The van der Waals surface area contributed by atoms with E-state index < -0.39 is 54.6 Å². The molecule has 31 heavy (non-hydrogen) atoms. The molecule has 1 aromatic heterocycles. The number of phosphoric acid groups is 1. The highest BCUT2D eigenvalue weighted by atomic mass is 31.2. The maximum atomic E-state index is 12.2. The number of nitrogens with one attached hydrogen (secondary N) is 2. The first-order valence-corrected chi connectivity index (χ1v) is 10.0. The second-order valence-corrected chi connectivity index (χ2v) is 7.15. The molecule has 0 unspecified atom stereocenters. The first-order valence-electron chi connectivity index (χ1n) is 8.48. The molecule has 0 saturated carbocycles. The Morgan fingerprint density at radius 1 is 1.19 bits per heavy atom. The lowest BCUT2D eigenvalue weighted by Gasteiger charge is -2.13. The van der Waals surface area contributed by atoms with E-state index in [1.54, 1.807) is 0 Å². The van der Waals surface area contributed by atoms with Gasteiger partial charge in [-0.3, -0.25) is 28.6 Å². The van der Waals surface area contributed by atoms with Gasteiger partial charge in [0.15, 0.2) is 12.4 Å². The van der Waals surface area contributed by atoms with Crippen molar-refractivity contribution in [1.29, 1.82) is 0 Å². The summed E-state index contributed by atoms with van der Waals surface area (Å²) in [6, 6.07) is 0.787. The second-order valence-electron chi connectivity index (χ2n) is 5.91. The van der Waals surface area contributed by atoms with Crippen molar-refractivity contribution < 1.29 is 43.0 Å². The molecule has 2 rings (SSSR count). The van der Waals surface area contributed by atoms with Crippen LogP contribution in [0.25, 0.3) is 0 Å². The highest BCUT2D eigenvalue weighted by Gasteiger charge is 2.26. The molecule has 16 nitrogen and oxygen atoms in total. The minimum atomic E-state index is -4.91. The highest BCUT2D eigenvalue weighted by Crippen LogP contribution is 2.36. The number of nitro groups is 1. The van der Waals surface area contributed by atoms with Crippen LogP contribution in [-0.4, -0.2) is 72.7 Å². The van der Waals surface area contributed by atoms with Crippen LogP contribution in [0, 0.1) is 10.1 Å². The maximum Gasteiger partial charge on any atom is 0.471 e. The number of carbonyl (C=O) groups is 4. The molecule has 1 aromatic rings. The Morgan fingerprint density at radius 3 is 2.39 bits per heavy atom. The van der Waals surface area contributed by atoms with Crippen molar-refractivity contribution in [3.05, 3.63) is 34.0 Å². The van der Waals surface area contributed by atoms with Crippen molar-refractivity contribution in [3.63, 3.8) is 0 Å². The summed E-state index contributed by atoms with van der Waals surface area (Å²) < 4.78 is 15.6. The van der Waals surface area contributed by atoms with Crippen LogP contribution in [0.15, 0.2) is 18.2 Å².